The Morgan fingerprint density at radius 2 is 2.24 bits per heavy atom. The fourth-order valence-corrected chi connectivity index (χ4v) is 1.75. The van der Waals surface area contributed by atoms with Crippen LogP contribution in [0.2, 0.25) is 0 Å². The Labute approximate surface area is 100 Å². The minimum atomic E-state index is -0.737. The van der Waals surface area contributed by atoms with Gasteiger partial charge in [0.2, 0.25) is 0 Å². The molecule has 0 saturated carbocycles. The molecule has 0 radical (unpaired) electrons. The van der Waals surface area contributed by atoms with Crippen LogP contribution in [0.5, 0.6) is 5.75 Å². The summed E-state index contributed by atoms with van der Waals surface area (Å²) in [4.78, 5) is 0. The average Bonchev–Trinajstić information content (AvgIpc) is 2.84. The van der Waals surface area contributed by atoms with Gasteiger partial charge < -0.3 is 9.84 Å². The van der Waals surface area contributed by atoms with Gasteiger partial charge in [0.1, 0.15) is 11.9 Å². The molecule has 1 aromatic heterocycles. The van der Waals surface area contributed by atoms with Gasteiger partial charge in [0.25, 0.3) is 0 Å². The number of nitrogens with zero attached hydrogens (tertiary/aromatic N) is 1. The summed E-state index contributed by atoms with van der Waals surface area (Å²) in [5, 5.41) is 16.9. The van der Waals surface area contributed by atoms with Crippen LogP contribution in [0.4, 0.5) is 0 Å². The van der Waals surface area contributed by atoms with Gasteiger partial charge in [-0.05, 0) is 32.0 Å². The Hall–Kier alpha value is -1.81. The molecule has 0 aliphatic rings. The Kier molecular flexibility index (Phi) is 3.44. The minimum Gasteiger partial charge on any atom is -0.493 e. The van der Waals surface area contributed by atoms with Crippen molar-refractivity contribution < 1.29 is 9.84 Å². The maximum absolute atomic E-state index is 10.3. The summed E-state index contributed by atoms with van der Waals surface area (Å²) in [5.74, 6) is 0.709. The average molecular weight is 232 g/mol. The van der Waals surface area contributed by atoms with E-state index in [9.17, 15) is 5.11 Å². The van der Waals surface area contributed by atoms with E-state index in [2.05, 4.69) is 10.2 Å². The van der Waals surface area contributed by atoms with Crippen molar-refractivity contribution in [2.45, 2.75) is 20.0 Å². The van der Waals surface area contributed by atoms with Crippen LogP contribution in [0.15, 0.2) is 30.5 Å². The lowest BCUT2D eigenvalue weighted by Crippen LogP contribution is -2.05. The summed E-state index contributed by atoms with van der Waals surface area (Å²) in [6.07, 6.45) is 0.883. The number of H-pyrrole nitrogens is 1. The number of aliphatic hydroxyl groups is 1. The zero-order chi connectivity index (χ0) is 12.3. The zero-order valence-electron chi connectivity index (χ0n) is 9.97. The Morgan fingerprint density at radius 1 is 1.41 bits per heavy atom. The SMILES string of the molecule is CCOc1ccc(C)cc1C(O)c1ccn[nH]1. The van der Waals surface area contributed by atoms with E-state index >= 15 is 0 Å². The number of aryl methyl sites for hydroxylation is 1. The van der Waals surface area contributed by atoms with Crippen molar-refractivity contribution in [1.82, 2.24) is 10.2 Å². The highest BCUT2D eigenvalue weighted by Gasteiger charge is 2.16. The van der Waals surface area contributed by atoms with Gasteiger partial charge in [-0.2, -0.15) is 5.10 Å². The van der Waals surface area contributed by atoms with Crippen LogP contribution in [0.25, 0.3) is 0 Å². The van der Waals surface area contributed by atoms with Gasteiger partial charge in [-0.15, -0.1) is 0 Å². The molecule has 0 saturated heterocycles. The second-order valence-corrected chi connectivity index (χ2v) is 3.89. The first-order chi connectivity index (χ1) is 8.22. The minimum absolute atomic E-state index is 0.575. The lowest BCUT2D eigenvalue weighted by molar-refractivity contribution is 0.207. The van der Waals surface area contributed by atoms with E-state index in [-0.39, 0.29) is 0 Å². The first-order valence-corrected chi connectivity index (χ1v) is 5.63. The fourth-order valence-electron chi connectivity index (χ4n) is 1.75. The summed E-state index contributed by atoms with van der Waals surface area (Å²) < 4.78 is 5.52. The molecule has 0 aliphatic carbocycles. The number of aliphatic hydroxyl groups excluding tert-OH is 1. The molecule has 0 bridgehead atoms. The summed E-state index contributed by atoms with van der Waals surface area (Å²) in [6, 6.07) is 7.53. The maximum Gasteiger partial charge on any atom is 0.125 e. The van der Waals surface area contributed by atoms with E-state index in [0.29, 0.717) is 18.1 Å². The molecule has 2 aromatic rings. The quantitative estimate of drug-likeness (QED) is 0.849. The van der Waals surface area contributed by atoms with E-state index in [1.54, 1.807) is 12.3 Å². The lowest BCUT2D eigenvalue weighted by atomic mass is 10.0. The van der Waals surface area contributed by atoms with Gasteiger partial charge in [0.15, 0.2) is 0 Å². The third kappa shape index (κ3) is 2.47. The van der Waals surface area contributed by atoms with Crippen molar-refractivity contribution in [2.24, 2.45) is 0 Å². The second kappa shape index (κ2) is 5.01. The van der Waals surface area contributed by atoms with Crippen molar-refractivity contribution >= 4 is 0 Å². The number of ether oxygens (including phenoxy) is 1. The molecule has 0 aliphatic heterocycles. The summed E-state index contributed by atoms with van der Waals surface area (Å²) in [7, 11) is 0. The number of aromatic amines is 1. The van der Waals surface area contributed by atoms with Crippen LogP contribution in [0.3, 0.4) is 0 Å². The summed E-state index contributed by atoms with van der Waals surface area (Å²) in [6.45, 7) is 4.48. The van der Waals surface area contributed by atoms with Crippen molar-refractivity contribution in [3.05, 3.63) is 47.3 Å². The Balaban J connectivity index is 2.38. The molecule has 0 amide bonds. The molecule has 1 atom stereocenters. The van der Waals surface area contributed by atoms with Crippen molar-refractivity contribution in [2.75, 3.05) is 6.61 Å². The maximum atomic E-state index is 10.3. The molecule has 2 N–H and O–H groups in total. The van der Waals surface area contributed by atoms with Crippen LogP contribution >= 0.6 is 0 Å². The zero-order valence-corrected chi connectivity index (χ0v) is 9.97. The fraction of sp³-hybridized carbons (Fsp3) is 0.308. The van der Waals surface area contributed by atoms with Crippen molar-refractivity contribution in [1.29, 1.82) is 0 Å². The number of rotatable bonds is 4. The normalized spacial score (nSPS) is 12.4. The van der Waals surface area contributed by atoms with Crippen molar-refractivity contribution in [3.63, 3.8) is 0 Å². The van der Waals surface area contributed by atoms with Crippen LogP contribution in [-0.4, -0.2) is 21.9 Å². The van der Waals surface area contributed by atoms with Gasteiger partial charge in [-0.3, -0.25) is 5.10 Å². The highest BCUT2D eigenvalue weighted by atomic mass is 16.5. The van der Waals surface area contributed by atoms with Crippen molar-refractivity contribution in [3.8, 4) is 5.75 Å². The van der Waals surface area contributed by atoms with Gasteiger partial charge >= 0.3 is 0 Å². The first kappa shape index (κ1) is 11.7. The molecule has 0 spiro atoms. The largest absolute Gasteiger partial charge is 0.493 e. The summed E-state index contributed by atoms with van der Waals surface area (Å²) >= 11 is 0. The molecular formula is C13H16N2O2. The molecule has 1 heterocycles. The van der Waals surface area contributed by atoms with Crippen LogP contribution < -0.4 is 4.74 Å². The number of nitrogens with one attached hydrogen (secondary N) is 1. The van der Waals surface area contributed by atoms with E-state index in [0.717, 1.165) is 11.1 Å². The van der Waals surface area contributed by atoms with Crippen LogP contribution in [-0.2, 0) is 0 Å². The van der Waals surface area contributed by atoms with Crippen LogP contribution in [0.1, 0.15) is 29.8 Å². The van der Waals surface area contributed by atoms with E-state index < -0.39 is 6.10 Å². The first-order valence-electron chi connectivity index (χ1n) is 5.63. The molecule has 1 unspecified atom stereocenters. The molecule has 0 fully saturated rings. The highest BCUT2D eigenvalue weighted by molar-refractivity contribution is 5.41. The monoisotopic (exact) mass is 232 g/mol. The van der Waals surface area contributed by atoms with Gasteiger partial charge in [-0.25, -0.2) is 0 Å². The van der Waals surface area contributed by atoms with Gasteiger partial charge in [-0.1, -0.05) is 11.6 Å². The standard InChI is InChI=1S/C13H16N2O2/c1-3-17-12-5-4-9(2)8-10(12)13(16)11-6-7-14-15-11/h4-8,13,16H,3H2,1-2H3,(H,14,15). The molecule has 90 valence electrons. The Bertz CT molecular complexity index is 480. The second-order valence-electron chi connectivity index (χ2n) is 3.89. The molecule has 4 nitrogen and oxygen atoms in total. The third-order valence-electron chi connectivity index (χ3n) is 2.58. The van der Waals surface area contributed by atoms with Gasteiger partial charge in [0.05, 0.1) is 12.3 Å². The number of aromatic nitrogens is 2. The molecule has 4 heteroatoms. The predicted octanol–water partition coefficient (Wildman–Crippen LogP) is 2.20. The van der Waals surface area contributed by atoms with Crippen LogP contribution in [0, 0.1) is 6.92 Å². The van der Waals surface area contributed by atoms with Gasteiger partial charge in [0, 0.05) is 11.8 Å². The van der Waals surface area contributed by atoms with E-state index in [4.69, 9.17) is 4.74 Å². The topological polar surface area (TPSA) is 58.1 Å². The number of hydrogen-bond donors (Lipinski definition) is 2. The molecule has 1 aromatic carbocycles. The number of hydrogen-bond acceptors (Lipinski definition) is 3. The third-order valence-corrected chi connectivity index (χ3v) is 2.58. The molecule has 17 heavy (non-hydrogen) atoms. The van der Waals surface area contributed by atoms with E-state index in [1.807, 2.05) is 32.0 Å². The smallest absolute Gasteiger partial charge is 0.125 e. The lowest BCUT2D eigenvalue weighted by Gasteiger charge is -2.15. The summed E-state index contributed by atoms with van der Waals surface area (Å²) in [5.41, 5.74) is 2.51. The number of benzene rings is 1. The molecule has 2 rings (SSSR count). The Morgan fingerprint density at radius 3 is 2.88 bits per heavy atom. The van der Waals surface area contributed by atoms with E-state index in [1.165, 1.54) is 0 Å². The molecular weight excluding hydrogens is 216 g/mol. The highest BCUT2D eigenvalue weighted by Crippen LogP contribution is 2.29. The predicted molar refractivity (Wildman–Crippen MR) is 65.0 cm³/mol.